The van der Waals surface area contributed by atoms with Crippen LogP contribution in [0.15, 0.2) is 29.6 Å². The summed E-state index contributed by atoms with van der Waals surface area (Å²) < 4.78 is 0. The average molecular weight is 231 g/mol. The molecule has 1 aliphatic rings. The molecule has 0 unspecified atom stereocenters. The molecule has 0 aliphatic carbocycles. The van der Waals surface area contributed by atoms with Crippen LogP contribution >= 0.6 is 11.3 Å². The summed E-state index contributed by atoms with van der Waals surface area (Å²) in [6, 6.07) is 8.60. The number of anilines is 2. The molecule has 1 aromatic heterocycles. The molecule has 0 bridgehead atoms. The molecule has 2 aromatic rings. The number of rotatable bonds is 1. The Labute approximate surface area is 98.5 Å². The van der Waals surface area contributed by atoms with Gasteiger partial charge in [-0.1, -0.05) is 24.3 Å². The van der Waals surface area contributed by atoms with E-state index < -0.39 is 0 Å². The zero-order valence-electron chi connectivity index (χ0n) is 8.89. The standard InChI is InChI=1S/C12H13N3S/c13-12-14-11(8-16-12)15-6-5-9-3-1-2-4-10(9)7-15/h1-4,8H,5-7H2,(H2,13,14). The summed E-state index contributed by atoms with van der Waals surface area (Å²) in [5.74, 6) is 1.01. The van der Waals surface area contributed by atoms with Gasteiger partial charge in [-0.3, -0.25) is 0 Å². The molecule has 1 aliphatic heterocycles. The van der Waals surface area contributed by atoms with E-state index in [4.69, 9.17) is 5.73 Å². The lowest BCUT2D eigenvalue weighted by atomic mass is 10.0. The fraction of sp³-hybridized carbons (Fsp3) is 0.250. The van der Waals surface area contributed by atoms with Crippen molar-refractivity contribution >= 4 is 22.3 Å². The third-order valence-electron chi connectivity index (χ3n) is 2.96. The zero-order chi connectivity index (χ0) is 11.0. The Morgan fingerprint density at radius 3 is 2.81 bits per heavy atom. The molecule has 0 radical (unpaired) electrons. The van der Waals surface area contributed by atoms with Gasteiger partial charge in [-0.25, -0.2) is 4.98 Å². The van der Waals surface area contributed by atoms with E-state index in [9.17, 15) is 0 Å². The lowest BCUT2D eigenvalue weighted by Gasteiger charge is -2.28. The molecule has 0 amide bonds. The molecule has 0 spiro atoms. The van der Waals surface area contributed by atoms with Crippen molar-refractivity contribution in [1.29, 1.82) is 0 Å². The summed E-state index contributed by atoms with van der Waals surface area (Å²) in [6.45, 7) is 1.97. The van der Waals surface area contributed by atoms with E-state index in [1.54, 1.807) is 0 Å². The van der Waals surface area contributed by atoms with Crippen molar-refractivity contribution in [1.82, 2.24) is 4.98 Å². The summed E-state index contributed by atoms with van der Waals surface area (Å²) in [5.41, 5.74) is 8.52. The Hall–Kier alpha value is -1.55. The monoisotopic (exact) mass is 231 g/mol. The maximum absolute atomic E-state index is 5.66. The van der Waals surface area contributed by atoms with Gasteiger partial charge >= 0.3 is 0 Å². The van der Waals surface area contributed by atoms with Crippen molar-refractivity contribution in [2.24, 2.45) is 0 Å². The van der Waals surface area contributed by atoms with Gasteiger partial charge in [-0.05, 0) is 17.5 Å². The second-order valence-corrected chi connectivity index (χ2v) is 4.87. The van der Waals surface area contributed by atoms with Gasteiger partial charge in [0, 0.05) is 18.5 Å². The molecule has 82 valence electrons. The number of nitrogens with zero attached hydrogens (tertiary/aromatic N) is 2. The van der Waals surface area contributed by atoms with Crippen LogP contribution in [0.25, 0.3) is 0 Å². The number of nitrogen functional groups attached to an aromatic ring is 1. The van der Waals surface area contributed by atoms with Gasteiger partial charge in [0.05, 0.1) is 0 Å². The van der Waals surface area contributed by atoms with Gasteiger partial charge in [0.2, 0.25) is 0 Å². The normalized spacial score (nSPS) is 14.9. The molecule has 16 heavy (non-hydrogen) atoms. The SMILES string of the molecule is Nc1nc(N2CCc3ccccc3C2)cs1. The third kappa shape index (κ3) is 1.65. The molecular weight excluding hydrogens is 218 g/mol. The van der Waals surface area contributed by atoms with Crippen LogP contribution in [0.5, 0.6) is 0 Å². The van der Waals surface area contributed by atoms with Gasteiger partial charge in [-0.2, -0.15) is 0 Å². The van der Waals surface area contributed by atoms with Crippen molar-refractivity contribution in [3.8, 4) is 0 Å². The van der Waals surface area contributed by atoms with Crippen LogP contribution < -0.4 is 10.6 Å². The van der Waals surface area contributed by atoms with E-state index in [1.807, 2.05) is 5.38 Å². The van der Waals surface area contributed by atoms with Crippen LogP contribution in [0, 0.1) is 0 Å². The number of hydrogen-bond donors (Lipinski definition) is 1. The Morgan fingerprint density at radius 1 is 1.25 bits per heavy atom. The number of thiazole rings is 1. The van der Waals surface area contributed by atoms with Gasteiger partial charge < -0.3 is 10.6 Å². The first-order valence-corrected chi connectivity index (χ1v) is 6.23. The lowest BCUT2D eigenvalue weighted by molar-refractivity contribution is 0.724. The molecule has 0 atom stereocenters. The topological polar surface area (TPSA) is 42.1 Å². The van der Waals surface area contributed by atoms with E-state index in [0.717, 1.165) is 25.3 Å². The van der Waals surface area contributed by atoms with Crippen molar-refractivity contribution in [2.45, 2.75) is 13.0 Å². The molecule has 1 aromatic carbocycles. The molecule has 3 rings (SSSR count). The predicted molar refractivity (Wildman–Crippen MR) is 67.7 cm³/mol. The number of nitrogens with two attached hydrogens (primary N) is 1. The van der Waals surface area contributed by atoms with Crippen molar-refractivity contribution < 1.29 is 0 Å². The summed E-state index contributed by atoms with van der Waals surface area (Å²) in [7, 11) is 0. The van der Waals surface area contributed by atoms with Gasteiger partial charge in [0.25, 0.3) is 0 Å². The van der Waals surface area contributed by atoms with Crippen molar-refractivity contribution in [3.63, 3.8) is 0 Å². The highest BCUT2D eigenvalue weighted by atomic mass is 32.1. The van der Waals surface area contributed by atoms with Gasteiger partial charge in [-0.15, -0.1) is 11.3 Å². The highest BCUT2D eigenvalue weighted by Gasteiger charge is 2.17. The minimum Gasteiger partial charge on any atom is -0.375 e. The average Bonchev–Trinajstić information content (AvgIpc) is 2.75. The van der Waals surface area contributed by atoms with E-state index in [2.05, 4.69) is 34.1 Å². The summed E-state index contributed by atoms with van der Waals surface area (Å²) in [6.07, 6.45) is 1.09. The molecule has 4 heteroatoms. The zero-order valence-corrected chi connectivity index (χ0v) is 9.70. The van der Waals surface area contributed by atoms with Gasteiger partial charge in [0.15, 0.2) is 5.13 Å². The quantitative estimate of drug-likeness (QED) is 0.818. The Kier molecular flexibility index (Phi) is 2.29. The van der Waals surface area contributed by atoms with Crippen LogP contribution in [-0.2, 0) is 13.0 Å². The van der Waals surface area contributed by atoms with E-state index in [0.29, 0.717) is 5.13 Å². The van der Waals surface area contributed by atoms with Gasteiger partial charge in [0.1, 0.15) is 5.82 Å². The Bertz CT molecular complexity index is 506. The van der Waals surface area contributed by atoms with E-state index in [-0.39, 0.29) is 0 Å². The Balaban J connectivity index is 1.88. The van der Waals surface area contributed by atoms with Crippen molar-refractivity contribution in [2.75, 3.05) is 17.2 Å². The van der Waals surface area contributed by atoms with Crippen LogP contribution in [0.4, 0.5) is 10.9 Å². The number of aromatic nitrogens is 1. The first-order valence-electron chi connectivity index (χ1n) is 5.35. The number of fused-ring (bicyclic) bond motifs is 1. The Morgan fingerprint density at radius 2 is 2.06 bits per heavy atom. The van der Waals surface area contributed by atoms with Crippen LogP contribution in [-0.4, -0.2) is 11.5 Å². The molecule has 2 heterocycles. The van der Waals surface area contributed by atoms with E-state index in [1.165, 1.54) is 22.5 Å². The minimum absolute atomic E-state index is 0.647. The third-order valence-corrected chi connectivity index (χ3v) is 3.63. The maximum atomic E-state index is 5.66. The first-order chi connectivity index (χ1) is 7.83. The molecule has 3 nitrogen and oxygen atoms in total. The van der Waals surface area contributed by atoms with Crippen LogP contribution in [0.3, 0.4) is 0 Å². The van der Waals surface area contributed by atoms with E-state index >= 15 is 0 Å². The maximum Gasteiger partial charge on any atom is 0.182 e. The summed E-state index contributed by atoms with van der Waals surface area (Å²) in [5, 5.41) is 2.68. The number of hydrogen-bond acceptors (Lipinski definition) is 4. The second-order valence-electron chi connectivity index (χ2n) is 3.98. The largest absolute Gasteiger partial charge is 0.375 e. The smallest absolute Gasteiger partial charge is 0.182 e. The lowest BCUT2D eigenvalue weighted by Crippen LogP contribution is -2.30. The molecule has 0 saturated carbocycles. The minimum atomic E-state index is 0.647. The van der Waals surface area contributed by atoms with Crippen LogP contribution in [0.1, 0.15) is 11.1 Å². The molecule has 0 fully saturated rings. The molecule has 2 N–H and O–H groups in total. The summed E-state index contributed by atoms with van der Waals surface area (Å²) in [4.78, 5) is 6.62. The highest BCUT2D eigenvalue weighted by Crippen LogP contribution is 2.26. The second kappa shape index (κ2) is 3.79. The highest BCUT2D eigenvalue weighted by molar-refractivity contribution is 7.13. The molecule has 0 saturated heterocycles. The first kappa shape index (κ1) is 9.66. The fourth-order valence-corrected chi connectivity index (χ4v) is 2.69. The number of benzene rings is 1. The summed E-state index contributed by atoms with van der Waals surface area (Å²) >= 11 is 1.50. The molecular formula is C12H13N3S. The van der Waals surface area contributed by atoms with Crippen LogP contribution in [0.2, 0.25) is 0 Å². The van der Waals surface area contributed by atoms with Crippen molar-refractivity contribution in [3.05, 3.63) is 40.8 Å². The fourth-order valence-electron chi connectivity index (χ4n) is 2.12. The predicted octanol–water partition coefficient (Wildman–Crippen LogP) is 2.29.